The summed E-state index contributed by atoms with van der Waals surface area (Å²) >= 11 is 0. The highest BCUT2D eigenvalue weighted by molar-refractivity contribution is 5.92. The third kappa shape index (κ3) is 3.07. The lowest BCUT2D eigenvalue weighted by Gasteiger charge is -2.32. The Morgan fingerprint density at radius 2 is 1.86 bits per heavy atom. The molecule has 2 aromatic heterocycles. The van der Waals surface area contributed by atoms with Crippen molar-refractivity contribution in [3.63, 3.8) is 0 Å². The molecule has 7 nitrogen and oxygen atoms in total. The van der Waals surface area contributed by atoms with Crippen LogP contribution in [0.5, 0.6) is 0 Å². The Hall–Kier alpha value is -2.31. The van der Waals surface area contributed by atoms with Gasteiger partial charge in [-0.1, -0.05) is 0 Å². The van der Waals surface area contributed by atoms with E-state index in [1.807, 2.05) is 19.9 Å². The van der Waals surface area contributed by atoms with E-state index in [1.54, 1.807) is 6.07 Å². The van der Waals surface area contributed by atoms with Gasteiger partial charge in [0.05, 0.1) is 0 Å². The van der Waals surface area contributed by atoms with Gasteiger partial charge in [-0.25, -0.2) is 0 Å². The van der Waals surface area contributed by atoms with Crippen LogP contribution in [0.2, 0.25) is 0 Å². The van der Waals surface area contributed by atoms with E-state index in [-0.39, 0.29) is 11.9 Å². The zero-order chi connectivity index (χ0) is 14.8. The highest BCUT2D eigenvalue weighted by Crippen LogP contribution is 2.18. The molecule has 112 valence electrons. The molecule has 1 fully saturated rings. The molecule has 0 aliphatic carbocycles. The van der Waals surface area contributed by atoms with Crippen LogP contribution in [0, 0.1) is 13.8 Å². The number of rotatable bonds is 3. The van der Waals surface area contributed by atoms with E-state index >= 15 is 0 Å². The summed E-state index contributed by atoms with van der Waals surface area (Å²) < 4.78 is 0. The predicted octanol–water partition coefficient (Wildman–Crippen LogP) is 1.15. The smallest absolute Gasteiger partial charge is 0.271 e. The molecule has 0 radical (unpaired) electrons. The summed E-state index contributed by atoms with van der Waals surface area (Å²) in [4.78, 5) is 14.3. The first-order valence-electron chi connectivity index (χ1n) is 7.21. The maximum Gasteiger partial charge on any atom is 0.271 e. The highest BCUT2D eigenvalue weighted by Gasteiger charge is 2.23. The molecule has 21 heavy (non-hydrogen) atoms. The minimum Gasteiger partial charge on any atom is -0.355 e. The molecule has 3 heterocycles. The number of nitrogens with zero attached hydrogens (tertiary/aromatic N) is 3. The number of aromatic amines is 2. The molecule has 7 heteroatoms. The SMILES string of the molecule is Cc1cc(C(=O)NC2CCN(c3cc(C)[nH]n3)CC2)n[nH]1. The van der Waals surface area contributed by atoms with E-state index in [0.29, 0.717) is 5.69 Å². The first kappa shape index (κ1) is 13.7. The van der Waals surface area contributed by atoms with Gasteiger partial charge in [0.2, 0.25) is 0 Å². The second kappa shape index (κ2) is 5.59. The number of aromatic nitrogens is 4. The number of hydrogen-bond donors (Lipinski definition) is 3. The molecule has 0 aromatic carbocycles. The molecule has 1 aliphatic heterocycles. The molecule has 1 aliphatic rings. The van der Waals surface area contributed by atoms with Crippen LogP contribution in [0.3, 0.4) is 0 Å². The van der Waals surface area contributed by atoms with Gasteiger partial charge in [-0.2, -0.15) is 10.2 Å². The van der Waals surface area contributed by atoms with Crippen molar-refractivity contribution < 1.29 is 4.79 Å². The summed E-state index contributed by atoms with van der Waals surface area (Å²) in [5.74, 6) is 0.883. The summed E-state index contributed by atoms with van der Waals surface area (Å²) in [6, 6.07) is 4.01. The number of piperidine rings is 1. The number of carbonyl (C=O) groups is 1. The molecule has 0 atom stereocenters. The quantitative estimate of drug-likeness (QED) is 0.790. The van der Waals surface area contributed by atoms with Crippen molar-refractivity contribution in [3.8, 4) is 0 Å². The Labute approximate surface area is 123 Å². The Kier molecular flexibility index (Phi) is 3.64. The van der Waals surface area contributed by atoms with E-state index in [4.69, 9.17) is 0 Å². The van der Waals surface area contributed by atoms with Crippen molar-refractivity contribution in [1.82, 2.24) is 25.7 Å². The van der Waals surface area contributed by atoms with E-state index in [1.165, 1.54) is 0 Å². The first-order valence-corrected chi connectivity index (χ1v) is 7.21. The van der Waals surface area contributed by atoms with Crippen LogP contribution in [-0.2, 0) is 0 Å². The largest absolute Gasteiger partial charge is 0.355 e. The lowest BCUT2D eigenvalue weighted by molar-refractivity contribution is 0.0926. The van der Waals surface area contributed by atoms with Crippen LogP contribution in [0.25, 0.3) is 0 Å². The van der Waals surface area contributed by atoms with Crippen LogP contribution in [0.1, 0.15) is 34.7 Å². The predicted molar refractivity (Wildman–Crippen MR) is 79.4 cm³/mol. The molecule has 2 aromatic rings. The molecule has 0 spiro atoms. The molecule has 1 amide bonds. The second-order valence-corrected chi connectivity index (χ2v) is 5.58. The van der Waals surface area contributed by atoms with Crippen LogP contribution >= 0.6 is 0 Å². The molecule has 0 unspecified atom stereocenters. The van der Waals surface area contributed by atoms with Gasteiger partial charge in [-0.3, -0.25) is 15.0 Å². The lowest BCUT2D eigenvalue weighted by atomic mass is 10.0. The van der Waals surface area contributed by atoms with Crippen molar-refractivity contribution >= 4 is 11.7 Å². The van der Waals surface area contributed by atoms with Gasteiger partial charge in [-0.05, 0) is 32.8 Å². The summed E-state index contributed by atoms with van der Waals surface area (Å²) in [6.07, 6.45) is 1.84. The van der Waals surface area contributed by atoms with Gasteiger partial charge in [0.25, 0.3) is 5.91 Å². The monoisotopic (exact) mass is 288 g/mol. The Balaban J connectivity index is 1.53. The van der Waals surface area contributed by atoms with Crippen molar-refractivity contribution in [2.75, 3.05) is 18.0 Å². The fraction of sp³-hybridized carbons (Fsp3) is 0.500. The van der Waals surface area contributed by atoms with E-state index in [2.05, 4.69) is 30.6 Å². The van der Waals surface area contributed by atoms with Crippen LogP contribution in [0.4, 0.5) is 5.82 Å². The highest BCUT2D eigenvalue weighted by atomic mass is 16.2. The van der Waals surface area contributed by atoms with Gasteiger partial charge < -0.3 is 10.2 Å². The standard InChI is InChI=1S/C14H20N6O/c1-9-7-12(18-16-9)14(21)15-11-3-5-20(6-4-11)13-8-10(2)17-19-13/h7-8,11H,3-6H2,1-2H3,(H,15,21)(H,16,18)(H,17,19). The number of H-pyrrole nitrogens is 2. The Morgan fingerprint density at radius 1 is 1.19 bits per heavy atom. The molecule has 3 rings (SSSR count). The maximum absolute atomic E-state index is 12.1. The number of aryl methyl sites for hydroxylation is 2. The van der Waals surface area contributed by atoms with Crippen LogP contribution in [-0.4, -0.2) is 45.4 Å². The van der Waals surface area contributed by atoms with E-state index in [9.17, 15) is 4.79 Å². The van der Waals surface area contributed by atoms with Gasteiger partial charge in [0, 0.05) is 36.6 Å². The zero-order valence-electron chi connectivity index (χ0n) is 12.3. The average Bonchev–Trinajstić information content (AvgIpc) is 3.08. The van der Waals surface area contributed by atoms with Crippen molar-refractivity contribution in [1.29, 1.82) is 0 Å². The van der Waals surface area contributed by atoms with E-state index in [0.717, 1.165) is 43.1 Å². The lowest BCUT2D eigenvalue weighted by Crippen LogP contribution is -2.45. The Morgan fingerprint density at radius 3 is 2.43 bits per heavy atom. The van der Waals surface area contributed by atoms with Gasteiger partial charge in [0.15, 0.2) is 5.82 Å². The number of carbonyl (C=O) groups excluding carboxylic acids is 1. The molecule has 0 saturated carbocycles. The fourth-order valence-corrected chi connectivity index (χ4v) is 2.61. The third-order valence-electron chi connectivity index (χ3n) is 3.79. The summed E-state index contributed by atoms with van der Waals surface area (Å²) in [5, 5.41) is 17.1. The topological polar surface area (TPSA) is 89.7 Å². The molecule has 0 bridgehead atoms. The third-order valence-corrected chi connectivity index (χ3v) is 3.79. The normalized spacial score (nSPS) is 16.2. The Bertz CT molecular complexity index is 623. The van der Waals surface area contributed by atoms with E-state index < -0.39 is 0 Å². The van der Waals surface area contributed by atoms with Crippen molar-refractivity contribution in [2.24, 2.45) is 0 Å². The first-order chi connectivity index (χ1) is 10.1. The number of nitrogens with one attached hydrogen (secondary N) is 3. The number of anilines is 1. The van der Waals surface area contributed by atoms with Crippen LogP contribution < -0.4 is 10.2 Å². The number of amides is 1. The average molecular weight is 288 g/mol. The summed E-state index contributed by atoms with van der Waals surface area (Å²) in [6.45, 7) is 5.67. The van der Waals surface area contributed by atoms with Crippen molar-refractivity contribution in [3.05, 3.63) is 29.2 Å². The minimum absolute atomic E-state index is 0.103. The van der Waals surface area contributed by atoms with Gasteiger partial charge >= 0.3 is 0 Å². The maximum atomic E-state index is 12.1. The second-order valence-electron chi connectivity index (χ2n) is 5.58. The minimum atomic E-state index is -0.103. The molecular formula is C14H20N6O. The molecular weight excluding hydrogens is 268 g/mol. The van der Waals surface area contributed by atoms with Crippen LogP contribution in [0.15, 0.2) is 12.1 Å². The summed E-state index contributed by atoms with van der Waals surface area (Å²) in [7, 11) is 0. The van der Waals surface area contributed by atoms with Gasteiger partial charge in [-0.15, -0.1) is 0 Å². The number of hydrogen-bond acceptors (Lipinski definition) is 4. The zero-order valence-corrected chi connectivity index (χ0v) is 12.3. The molecule has 1 saturated heterocycles. The summed E-state index contributed by atoms with van der Waals surface area (Å²) in [5.41, 5.74) is 2.41. The molecule has 3 N–H and O–H groups in total. The van der Waals surface area contributed by atoms with Gasteiger partial charge in [0.1, 0.15) is 5.69 Å². The fourth-order valence-electron chi connectivity index (χ4n) is 2.61. The van der Waals surface area contributed by atoms with Crippen molar-refractivity contribution in [2.45, 2.75) is 32.7 Å².